The van der Waals surface area contributed by atoms with Gasteiger partial charge in [-0.15, -0.1) is 11.3 Å². The smallest absolute Gasteiger partial charge is 0.276 e. The molecule has 0 aliphatic carbocycles. The zero-order valence-electron chi connectivity index (χ0n) is 14.8. The van der Waals surface area contributed by atoms with E-state index < -0.39 is 32.5 Å². The number of nitrogens with zero attached hydrogens (tertiary/aromatic N) is 3. The number of rotatable bonds is 4. The summed E-state index contributed by atoms with van der Waals surface area (Å²) in [5, 5.41) is 2.94. The monoisotopic (exact) mass is 436 g/mol. The number of sulfonamides is 1. The molecule has 0 fully saturated rings. The van der Waals surface area contributed by atoms with E-state index >= 15 is 0 Å². The van der Waals surface area contributed by atoms with Gasteiger partial charge in [0.15, 0.2) is 10.0 Å². The highest BCUT2D eigenvalue weighted by Gasteiger charge is 2.34. The summed E-state index contributed by atoms with van der Waals surface area (Å²) in [6.07, 6.45) is 1.76. The summed E-state index contributed by atoms with van der Waals surface area (Å²) < 4.78 is 54.5. The highest BCUT2D eigenvalue weighted by Crippen LogP contribution is 2.32. The number of nitrogens with one attached hydrogen (secondary N) is 1. The quantitative estimate of drug-likeness (QED) is 0.679. The molecule has 1 amide bonds. The number of thiazole rings is 1. The topological polar surface area (TPSA) is 92.3 Å². The summed E-state index contributed by atoms with van der Waals surface area (Å²) in [5.41, 5.74) is 0.867. The van der Waals surface area contributed by atoms with E-state index in [9.17, 15) is 22.0 Å². The van der Waals surface area contributed by atoms with Crippen molar-refractivity contribution in [2.45, 2.75) is 17.9 Å². The predicted molar refractivity (Wildman–Crippen MR) is 102 cm³/mol. The maximum atomic E-state index is 14.0. The minimum Gasteiger partial charge on any atom is -0.296 e. The molecule has 1 aromatic carbocycles. The Morgan fingerprint density at radius 2 is 1.90 bits per heavy atom. The first-order valence-corrected chi connectivity index (χ1v) is 10.8. The molecule has 0 bridgehead atoms. The Kier molecular flexibility index (Phi) is 5.11. The molecule has 0 saturated carbocycles. The van der Waals surface area contributed by atoms with Gasteiger partial charge >= 0.3 is 0 Å². The molecular formula is C18H14F2N4O3S2. The highest BCUT2D eigenvalue weighted by molar-refractivity contribution is 7.89. The zero-order chi connectivity index (χ0) is 20.6. The third-order valence-corrected chi connectivity index (χ3v) is 7.23. The fraction of sp³-hybridized carbons (Fsp3) is 0.167. The van der Waals surface area contributed by atoms with Crippen LogP contribution in [0.25, 0.3) is 0 Å². The van der Waals surface area contributed by atoms with Crippen molar-refractivity contribution in [3.8, 4) is 0 Å². The van der Waals surface area contributed by atoms with Crippen molar-refractivity contribution in [2.75, 3.05) is 11.9 Å². The van der Waals surface area contributed by atoms with Crippen molar-refractivity contribution in [1.29, 1.82) is 0 Å². The number of pyridine rings is 1. The number of carbonyl (C=O) groups excluding carboxylic acids is 1. The molecule has 1 aliphatic heterocycles. The van der Waals surface area contributed by atoms with Crippen LogP contribution in [0.4, 0.5) is 13.9 Å². The van der Waals surface area contributed by atoms with Gasteiger partial charge in [-0.3, -0.25) is 15.1 Å². The van der Waals surface area contributed by atoms with E-state index in [1.54, 1.807) is 18.2 Å². The van der Waals surface area contributed by atoms with Crippen LogP contribution in [-0.4, -0.2) is 35.1 Å². The number of carbonyl (C=O) groups is 1. The number of benzene rings is 1. The molecule has 150 valence electrons. The molecule has 0 saturated heterocycles. The molecule has 1 N–H and O–H groups in total. The molecule has 11 heteroatoms. The van der Waals surface area contributed by atoms with Gasteiger partial charge in [-0.2, -0.15) is 4.31 Å². The summed E-state index contributed by atoms with van der Waals surface area (Å²) in [4.78, 5) is 20.1. The van der Waals surface area contributed by atoms with Crippen molar-refractivity contribution >= 4 is 32.4 Å². The maximum absolute atomic E-state index is 14.0. The fourth-order valence-corrected chi connectivity index (χ4v) is 5.57. The van der Waals surface area contributed by atoms with Crippen LogP contribution < -0.4 is 5.32 Å². The van der Waals surface area contributed by atoms with E-state index in [1.807, 2.05) is 0 Å². The van der Waals surface area contributed by atoms with Gasteiger partial charge in [-0.1, -0.05) is 12.1 Å². The number of aromatic nitrogens is 2. The summed E-state index contributed by atoms with van der Waals surface area (Å²) in [6.45, 7) is -0.0525. The van der Waals surface area contributed by atoms with Gasteiger partial charge in [0.1, 0.15) is 17.3 Å². The first-order chi connectivity index (χ1) is 13.9. The van der Waals surface area contributed by atoms with Crippen LogP contribution in [-0.2, 0) is 23.0 Å². The van der Waals surface area contributed by atoms with Crippen LogP contribution in [0.3, 0.4) is 0 Å². The summed E-state index contributed by atoms with van der Waals surface area (Å²) >= 11 is 1.12. The maximum Gasteiger partial charge on any atom is 0.276 e. The standard InChI is InChI=1S/C18H14F2N4O3S2/c19-11-4-3-5-12(20)16(11)29(26,27)24-9-7-13-15(10-24)28-18(22-13)23-17(25)14-6-1-2-8-21-14/h1-6,8H,7,9-10H2,(H,22,23,25). The van der Waals surface area contributed by atoms with E-state index in [0.29, 0.717) is 15.7 Å². The van der Waals surface area contributed by atoms with Gasteiger partial charge in [0, 0.05) is 24.0 Å². The average molecular weight is 436 g/mol. The summed E-state index contributed by atoms with van der Waals surface area (Å²) in [6, 6.07) is 7.84. The molecule has 3 aromatic rings. The van der Waals surface area contributed by atoms with Crippen LogP contribution in [0, 0.1) is 11.6 Å². The average Bonchev–Trinajstić information content (AvgIpc) is 3.09. The normalized spacial score (nSPS) is 14.4. The molecular weight excluding hydrogens is 422 g/mol. The lowest BCUT2D eigenvalue weighted by atomic mass is 10.2. The first kappa shape index (κ1) is 19.6. The Morgan fingerprint density at radius 3 is 2.59 bits per heavy atom. The van der Waals surface area contributed by atoms with Crippen LogP contribution in [0.1, 0.15) is 21.1 Å². The lowest BCUT2D eigenvalue weighted by molar-refractivity contribution is 0.102. The van der Waals surface area contributed by atoms with Crippen LogP contribution in [0.5, 0.6) is 0 Å². The summed E-state index contributed by atoms with van der Waals surface area (Å²) in [7, 11) is -4.36. The van der Waals surface area contributed by atoms with Gasteiger partial charge in [-0.25, -0.2) is 22.2 Å². The number of anilines is 1. The van der Waals surface area contributed by atoms with E-state index in [0.717, 1.165) is 33.8 Å². The van der Waals surface area contributed by atoms with E-state index in [1.165, 1.54) is 6.20 Å². The Morgan fingerprint density at radius 1 is 1.14 bits per heavy atom. The minimum atomic E-state index is -4.36. The summed E-state index contributed by atoms with van der Waals surface area (Å²) in [5.74, 6) is -2.71. The lowest BCUT2D eigenvalue weighted by Gasteiger charge is -2.25. The number of hydrogen-bond acceptors (Lipinski definition) is 6. The Bertz CT molecular complexity index is 1160. The second-order valence-electron chi connectivity index (χ2n) is 6.20. The van der Waals surface area contributed by atoms with Crippen LogP contribution in [0.2, 0.25) is 0 Å². The molecule has 4 rings (SSSR count). The van der Waals surface area contributed by atoms with Gasteiger partial charge in [0.05, 0.1) is 12.2 Å². The van der Waals surface area contributed by atoms with Gasteiger partial charge < -0.3 is 0 Å². The van der Waals surface area contributed by atoms with Crippen LogP contribution >= 0.6 is 11.3 Å². The molecule has 0 spiro atoms. The van der Waals surface area contributed by atoms with Gasteiger partial charge in [0.25, 0.3) is 5.91 Å². The Balaban J connectivity index is 1.56. The van der Waals surface area contributed by atoms with Crippen molar-refractivity contribution < 1.29 is 22.0 Å². The molecule has 0 atom stereocenters. The van der Waals surface area contributed by atoms with Crippen molar-refractivity contribution in [1.82, 2.24) is 14.3 Å². The first-order valence-electron chi connectivity index (χ1n) is 8.51. The zero-order valence-corrected chi connectivity index (χ0v) is 16.4. The predicted octanol–water partition coefficient (Wildman–Crippen LogP) is 2.82. The molecule has 29 heavy (non-hydrogen) atoms. The molecule has 3 heterocycles. The van der Waals surface area contributed by atoms with E-state index in [-0.39, 0.29) is 25.2 Å². The molecule has 2 aromatic heterocycles. The van der Waals surface area contributed by atoms with E-state index in [2.05, 4.69) is 15.3 Å². The van der Waals surface area contributed by atoms with Crippen LogP contribution in [0.15, 0.2) is 47.5 Å². The molecule has 7 nitrogen and oxygen atoms in total. The third-order valence-electron chi connectivity index (χ3n) is 4.33. The largest absolute Gasteiger partial charge is 0.296 e. The number of amides is 1. The minimum absolute atomic E-state index is 0.0282. The second kappa shape index (κ2) is 7.58. The lowest BCUT2D eigenvalue weighted by Crippen LogP contribution is -2.36. The Labute approximate surface area is 169 Å². The second-order valence-corrected chi connectivity index (χ2v) is 9.16. The number of hydrogen-bond donors (Lipinski definition) is 1. The van der Waals surface area contributed by atoms with Crippen molar-refractivity contribution in [3.63, 3.8) is 0 Å². The SMILES string of the molecule is O=C(Nc1nc2c(s1)CN(S(=O)(=O)c1c(F)cccc1F)CC2)c1ccccn1. The number of fused-ring (bicyclic) bond motifs is 1. The third kappa shape index (κ3) is 3.76. The Hall–Kier alpha value is -2.76. The van der Waals surface area contributed by atoms with Crippen molar-refractivity contribution in [2.24, 2.45) is 0 Å². The highest BCUT2D eigenvalue weighted by atomic mass is 32.2. The van der Waals surface area contributed by atoms with Crippen molar-refractivity contribution in [3.05, 3.63) is 70.5 Å². The fourth-order valence-electron chi connectivity index (χ4n) is 2.95. The van der Waals surface area contributed by atoms with Gasteiger partial charge in [-0.05, 0) is 24.3 Å². The van der Waals surface area contributed by atoms with Gasteiger partial charge in [0.2, 0.25) is 10.0 Å². The number of halogens is 2. The molecule has 0 radical (unpaired) electrons. The molecule has 1 aliphatic rings. The molecule has 0 unspecified atom stereocenters. The van der Waals surface area contributed by atoms with E-state index in [4.69, 9.17) is 0 Å².